The molecule has 1 rings (SSSR count). The van der Waals surface area contributed by atoms with Crippen LogP contribution in [0.5, 0.6) is 0 Å². The van der Waals surface area contributed by atoms with Crippen LogP contribution in [0, 0.1) is 0 Å². The van der Waals surface area contributed by atoms with E-state index in [0.717, 1.165) is 6.42 Å². The quantitative estimate of drug-likeness (QED) is 0.489. The van der Waals surface area contributed by atoms with E-state index >= 15 is 0 Å². The van der Waals surface area contributed by atoms with Crippen molar-refractivity contribution in [2.75, 3.05) is 0 Å². The molecule has 0 unspecified atom stereocenters. The summed E-state index contributed by atoms with van der Waals surface area (Å²) in [5.74, 6) is 0. The smallest absolute Gasteiger partial charge is 0.0233 e. The summed E-state index contributed by atoms with van der Waals surface area (Å²) in [5.41, 5.74) is 0. The van der Waals surface area contributed by atoms with E-state index in [1.807, 2.05) is 0 Å². The zero-order valence-corrected chi connectivity index (χ0v) is 6.32. The highest BCUT2D eigenvalue weighted by Crippen LogP contribution is 2.19. The Labute approximate surface area is 58.5 Å². The van der Waals surface area contributed by atoms with Crippen molar-refractivity contribution < 1.29 is 0 Å². The fourth-order valence-electron chi connectivity index (χ4n) is 0.563. The molecule has 1 aliphatic heterocycles. The van der Waals surface area contributed by atoms with Crippen molar-refractivity contribution in [1.29, 1.82) is 0 Å². The van der Waals surface area contributed by atoms with Gasteiger partial charge in [0.2, 0.25) is 0 Å². The third kappa shape index (κ3) is 2.05. The van der Waals surface area contributed by atoms with E-state index in [0.29, 0.717) is 0 Å². The molecule has 0 atom stereocenters. The van der Waals surface area contributed by atoms with Crippen molar-refractivity contribution in [1.82, 2.24) is 0 Å². The van der Waals surface area contributed by atoms with E-state index in [9.17, 15) is 0 Å². The Morgan fingerprint density at radius 2 is 2.11 bits per heavy atom. The van der Waals surface area contributed by atoms with Gasteiger partial charge in [0.15, 0.2) is 0 Å². The Kier molecular flexibility index (Phi) is 2.56. The van der Waals surface area contributed by atoms with E-state index in [2.05, 4.69) is 41.0 Å². The van der Waals surface area contributed by atoms with E-state index in [-0.39, 0.29) is 10.5 Å². The maximum atomic E-state index is 3.26. The monoisotopic (exact) mass is 138 g/mol. The van der Waals surface area contributed by atoms with Gasteiger partial charge in [-0.25, -0.2) is 0 Å². The molecule has 1 heterocycles. The Hall–Kier alpha value is -0.520. The molecule has 9 heavy (non-hydrogen) atoms. The lowest BCUT2D eigenvalue weighted by molar-refractivity contribution is 1.24. The summed E-state index contributed by atoms with van der Waals surface area (Å²) in [5, 5.41) is 7.58. The van der Waals surface area contributed by atoms with Crippen LogP contribution in [0.1, 0.15) is 13.3 Å². The number of allylic oxidation sites excluding steroid dienone is 3. The van der Waals surface area contributed by atoms with Gasteiger partial charge in [-0.05, 0) is 23.3 Å². The molecule has 0 bridgehead atoms. The highest BCUT2D eigenvalue weighted by molar-refractivity contribution is 8.19. The Morgan fingerprint density at radius 3 is 2.67 bits per heavy atom. The zero-order chi connectivity index (χ0) is 6.53. The third-order valence-corrected chi connectivity index (χ3v) is 2.32. The van der Waals surface area contributed by atoms with Crippen LogP contribution in [0.15, 0.2) is 29.0 Å². The lowest BCUT2D eigenvalue weighted by Crippen LogP contribution is -1.53. The average Bonchev–Trinajstić information content (AvgIpc) is 2.34. The molecule has 48 valence electrons. The number of rotatable bonds is 1. The summed E-state index contributed by atoms with van der Waals surface area (Å²) in [6.45, 7) is 2.12. The van der Waals surface area contributed by atoms with Crippen molar-refractivity contribution in [3.8, 4) is 0 Å². The molecule has 0 saturated carbocycles. The first-order valence-electron chi connectivity index (χ1n) is 3.08. The van der Waals surface area contributed by atoms with Crippen LogP contribution >= 0.6 is 10.5 Å². The van der Waals surface area contributed by atoms with E-state index in [1.54, 1.807) is 0 Å². The van der Waals surface area contributed by atoms with Gasteiger partial charge in [0.1, 0.15) is 0 Å². The maximum Gasteiger partial charge on any atom is -0.0233 e. The Morgan fingerprint density at radius 1 is 1.44 bits per heavy atom. The predicted octanol–water partition coefficient (Wildman–Crippen LogP) is 2.66. The van der Waals surface area contributed by atoms with Crippen LogP contribution in [0.25, 0.3) is 0 Å². The van der Waals surface area contributed by atoms with Gasteiger partial charge in [0.25, 0.3) is 0 Å². The normalized spacial score (nSPS) is 16.1. The predicted molar refractivity (Wildman–Crippen MR) is 45.7 cm³/mol. The van der Waals surface area contributed by atoms with E-state index in [4.69, 9.17) is 0 Å². The minimum atomic E-state index is 0.206. The van der Waals surface area contributed by atoms with Crippen molar-refractivity contribution in [3.63, 3.8) is 0 Å². The molecule has 0 aromatic rings. The second kappa shape index (κ2) is 3.49. The average molecular weight is 138 g/mol. The molecule has 0 spiro atoms. The SMILES string of the molecule is CCC=C=S1C=CC=C1. The topological polar surface area (TPSA) is 0 Å². The van der Waals surface area contributed by atoms with Gasteiger partial charge < -0.3 is 0 Å². The highest BCUT2D eigenvalue weighted by Gasteiger charge is 1.82. The van der Waals surface area contributed by atoms with Gasteiger partial charge in [-0.15, -0.1) is 0 Å². The van der Waals surface area contributed by atoms with Crippen LogP contribution in [0.3, 0.4) is 0 Å². The Balaban J connectivity index is 2.72. The zero-order valence-electron chi connectivity index (χ0n) is 5.50. The summed E-state index contributed by atoms with van der Waals surface area (Å²) in [4.78, 5) is 0. The minimum Gasteiger partial charge on any atom is -0.0951 e. The van der Waals surface area contributed by atoms with Gasteiger partial charge in [0.05, 0.1) is 0 Å². The first-order chi connectivity index (χ1) is 4.43. The van der Waals surface area contributed by atoms with Crippen LogP contribution in [0.2, 0.25) is 0 Å². The molecule has 1 heteroatoms. The molecule has 0 aromatic heterocycles. The highest BCUT2D eigenvalue weighted by atomic mass is 32.2. The van der Waals surface area contributed by atoms with Crippen molar-refractivity contribution in [2.24, 2.45) is 0 Å². The molecule has 0 saturated heterocycles. The van der Waals surface area contributed by atoms with Crippen molar-refractivity contribution in [2.45, 2.75) is 13.3 Å². The third-order valence-electron chi connectivity index (χ3n) is 0.985. The second-order valence-electron chi connectivity index (χ2n) is 1.76. The summed E-state index contributed by atoms with van der Waals surface area (Å²) in [6.07, 6.45) is 7.31. The second-order valence-corrected chi connectivity index (χ2v) is 3.28. The molecule has 0 aliphatic carbocycles. The largest absolute Gasteiger partial charge is 0.0951 e. The van der Waals surface area contributed by atoms with Gasteiger partial charge in [-0.3, -0.25) is 0 Å². The fourth-order valence-corrected chi connectivity index (χ4v) is 1.69. The van der Waals surface area contributed by atoms with Gasteiger partial charge in [-0.2, -0.15) is 0 Å². The molecule has 0 amide bonds. The molecule has 0 nitrogen and oxygen atoms in total. The summed E-state index contributed by atoms with van der Waals surface area (Å²) >= 11 is 0. The molecule has 0 radical (unpaired) electrons. The summed E-state index contributed by atoms with van der Waals surface area (Å²) in [7, 11) is 0.206. The maximum absolute atomic E-state index is 3.26. The van der Waals surface area contributed by atoms with Gasteiger partial charge in [0, 0.05) is 0 Å². The van der Waals surface area contributed by atoms with Crippen LogP contribution < -0.4 is 0 Å². The van der Waals surface area contributed by atoms with Crippen molar-refractivity contribution in [3.05, 3.63) is 29.0 Å². The van der Waals surface area contributed by atoms with Crippen LogP contribution in [0.4, 0.5) is 0 Å². The standard InChI is InChI=1S/C8H10S/c1-2-3-6-9-7-4-5-8-9/h3-5,7-8H,2H2,1H3. The van der Waals surface area contributed by atoms with Gasteiger partial charge >= 0.3 is 0 Å². The lowest BCUT2D eigenvalue weighted by atomic mass is 10.5. The Bertz CT molecular complexity index is 189. The lowest BCUT2D eigenvalue weighted by Gasteiger charge is -1.79. The number of hydrogen-bond acceptors (Lipinski definition) is 0. The van der Waals surface area contributed by atoms with E-state index < -0.39 is 0 Å². The fraction of sp³-hybridized carbons (Fsp3) is 0.250. The molecule has 0 fully saturated rings. The molecule has 0 N–H and O–H groups in total. The first-order valence-corrected chi connectivity index (χ1v) is 4.43. The summed E-state index contributed by atoms with van der Waals surface area (Å²) in [6, 6.07) is 0. The molecular weight excluding hydrogens is 128 g/mol. The molecule has 0 aromatic carbocycles. The molecule has 1 aliphatic rings. The minimum absolute atomic E-state index is 0.206. The first kappa shape index (κ1) is 6.60. The summed E-state index contributed by atoms with van der Waals surface area (Å²) < 4.78 is 0. The van der Waals surface area contributed by atoms with Crippen LogP contribution in [-0.4, -0.2) is 5.02 Å². The number of hydrogen-bond donors (Lipinski definition) is 0. The van der Waals surface area contributed by atoms with Crippen LogP contribution in [-0.2, 0) is 0 Å². The van der Waals surface area contributed by atoms with Gasteiger partial charge in [-0.1, -0.05) is 34.6 Å². The van der Waals surface area contributed by atoms with E-state index in [1.165, 1.54) is 0 Å². The molecular formula is C8H10S. The van der Waals surface area contributed by atoms with Crippen molar-refractivity contribution >= 4 is 15.5 Å².